The largest absolute Gasteiger partial charge is 0.392 e. The first-order valence-electron chi connectivity index (χ1n) is 5.32. The van der Waals surface area contributed by atoms with Crippen LogP contribution in [0.4, 0.5) is 0 Å². The topological polar surface area (TPSA) is 44.3 Å². The summed E-state index contributed by atoms with van der Waals surface area (Å²) in [5.74, 6) is 0. The van der Waals surface area contributed by atoms with Gasteiger partial charge in [-0.3, -0.25) is 0 Å². The highest BCUT2D eigenvalue weighted by Gasteiger charge is 2.00. The second kappa shape index (κ2) is 8.48. The van der Waals surface area contributed by atoms with Crippen LogP contribution in [0.5, 0.6) is 0 Å². The fourth-order valence-corrected chi connectivity index (χ4v) is 1.25. The Morgan fingerprint density at radius 1 is 1.15 bits per heavy atom. The van der Waals surface area contributed by atoms with E-state index in [0.717, 1.165) is 13.1 Å². The average molecular weight is 188 g/mol. The van der Waals surface area contributed by atoms with Gasteiger partial charge in [0.1, 0.15) is 0 Å². The van der Waals surface area contributed by atoms with Crippen LogP contribution in [0, 0.1) is 0 Å². The molecule has 0 spiro atoms. The Labute approximate surface area is 81.9 Å². The maximum atomic E-state index is 8.97. The molecular weight excluding hydrogens is 164 g/mol. The van der Waals surface area contributed by atoms with Crippen LogP contribution in [-0.2, 0) is 0 Å². The number of rotatable bonds is 8. The Hall–Kier alpha value is -0.120. The molecule has 0 aliphatic carbocycles. The fraction of sp³-hybridized carbons (Fsp3) is 1.00. The minimum atomic E-state index is -0.242. The Bertz CT molecular complexity index is 103. The van der Waals surface area contributed by atoms with Crippen LogP contribution in [0.2, 0.25) is 0 Å². The van der Waals surface area contributed by atoms with Crippen LogP contribution in [0.1, 0.15) is 33.6 Å². The van der Waals surface area contributed by atoms with E-state index in [-0.39, 0.29) is 6.10 Å². The molecule has 1 atom stereocenters. The highest BCUT2D eigenvalue weighted by atomic mass is 16.3. The van der Waals surface area contributed by atoms with Crippen molar-refractivity contribution in [2.24, 2.45) is 0 Å². The molecule has 0 bridgehead atoms. The molecule has 0 aromatic rings. The molecule has 0 amide bonds. The molecule has 0 aliphatic rings. The second-order valence-electron chi connectivity index (χ2n) is 3.52. The van der Waals surface area contributed by atoms with Gasteiger partial charge in [-0.05, 0) is 19.8 Å². The van der Waals surface area contributed by atoms with E-state index in [1.54, 1.807) is 6.92 Å². The molecule has 80 valence electrons. The molecule has 3 N–H and O–H groups in total. The van der Waals surface area contributed by atoms with Crippen molar-refractivity contribution in [1.29, 1.82) is 0 Å². The standard InChI is InChI=1S/C10H24N2O/c1-4-10(5-2)12-7-6-11-8-9(3)13/h9-13H,4-8H2,1-3H3. The molecule has 3 heteroatoms. The van der Waals surface area contributed by atoms with E-state index in [9.17, 15) is 0 Å². The van der Waals surface area contributed by atoms with Gasteiger partial charge in [-0.15, -0.1) is 0 Å². The number of nitrogens with one attached hydrogen (secondary N) is 2. The third kappa shape index (κ3) is 8.22. The Balaban J connectivity index is 3.14. The normalized spacial score (nSPS) is 13.6. The lowest BCUT2D eigenvalue weighted by atomic mass is 10.2. The van der Waals surface area contributed by atoms with E-state index in [4.69, 9.17) is 5.11 Å². The van der Waals surface area contributed by atoms with Gasteiger partial charge in [0.2, 0.25) is 0 Å². The fourth-order valence-electron chi connectivity index (χ4n) is 1.25. The second-order valence-corrected chi connectivity index (χ2v) is 3.52. The van der Waals surface area contributed by atoms with Crippen molar-refractivity contribution in [3.05, 3.63) is 0 Å². The van der Waals surface area contributed by atoms with Crippen molar-refractivity contribution in [2.45, 2.75) is 45.8 Å². The number of hydrogen-bond acceptors (Lipinski definition) is 3. The lowest BCUT2D eigenvalue weighted by Crippen LogP contribution is -2.36. The quantitative estimate of drug-likeness (QED) is 0.492. The van der Waals surface area contributed by atoms with E-state index in [1.807, 2.05) is 0 Å². The maximum Gasteiger partial charge on any atom is 0.0636 e. The van der Waals surface area contributed by atoms with E-state index < -0.39 is 0 Å². The summed E-state index contributed by atoms with van der Waals surface area (Å²) in [4.78, 5) is 0. The molecule has 3 nitrogen and oxygen atoms in total. The van der Waals surface area contributed by atoms with E-state index in [2.05, 4.69) is 24.5 Å². The first kappa shape index (κ1) is 12.9. The van der Waals surface area contributed by atoms with E-state index in [0.29, 0.717) is 12.6 Å². The van der Waals surface area contributed by atoms with Gasteiger partial charge in [-0.1, -0.05) is 13.8 Å². The van der Waals surface area contributed by atoms with Crippen LogP contribution in [0.15, 0.2) is 0 Å². The highest BCUT2D eigenvalue weighted by molar-refractivity contribution is 4.63. The maximum absolute atomic E-state index is 8.97. The van der Waals surface area contributed by atoms with Crippen LogP contribution >= 0.6 is 0 Å². The van der Waals surface area contributed by atoms with Crippen LogP contribution in [0.3, 0.4) is 0 Å². The molecule has 13 heavy (non-hydrogen) atoms. The van der Waals surface area contributed by atoms with E-state index in [1.165, 1.54) is 12.8 Å². The Kier molecular flexibility index (Phi) is 8.40. The molecule has 0 saturated heterocycles. The van der Waals surface area contributed by atoms with Gasteiger partial charge >= 0.3 is 0 Å². The van der Waals surface area contributed by atoms with Gasteiger partial charge in [0.25, 0.3) is 0 Å². The molecule has 0 radical (unpaired) electrons. The van der Waals surface area contributed by atoms with Crippen LogP contribution < -0.4 is 10.6 Å². The van der Waals surface area contributed by atoms with Gasteiger partial charge < -0.3 is 15.7 Å². The summed E-state index contributed by atoms with van der Waals surface area (Å²) in [5.41, 5.74) is 0. The van der Waals surface area contributed by atoms with Gasteiger partial charge in [0.05, 0.1) is 6.10 Å². The molecule has 0 rings (SSSR count). The monoisotopic (exact) mass is 188 g/mol. The molecule has 0 saturated carbocycles. The number of aliphatic hydroxyl groups is 1. The summed E-state index contributed by atoms with van der Waals surface area (Å²) in [5, 5.41) is 15.6. The number of hydrogen-bond donors (Lipinski definition) is 3. The lowest BCUT2D eigenvalue weighted by molar-refractivity contribution is 0.191. The van der Waals surface area contributed by atoms with Crippen LogP contribution in [0.25, 0.3) is 0 Å². The minimum Gasteiger partial charge on any atom is -0.392 e. The molecule has 0 heterocycles. The molecule has 0 aromatic carbocycles. The molecule has 0 aromatic heterocycles. The minimum absolute atomic E-state index is 0.242. The Morgan fingerprint density at radius 3 is 2.23 bits per heavy atom. The zero-order valence-electron chi connectivity index (χ0n) is 9.14. The van der Waals surface area contributed by atoms with Crippen molar-refractivity contribution in [2.75, 3.05) is 19.6 Å². The van der Waals surface area contributed by atoms with Crippen molar-refractivity contribution < 1.29 is 5.11 Å². The summed E-state index contributed by atoms with van der Waals surface area (Å²) in [6, 6.07) is 0.647. The lowest BCUT2D eigenvalue weighted by Gasteiger charge is -2.15. The zero-order valence-corrected chi connectivity index (χ0v) is 9.14. The number of aliphatic hydroxyl groups excluding tert-OH is 1. The third-order valence-corrected chi connectivity index (χ3v) is 2.16. The molecule has 1 unspecified atom stereocenters. The van der Waals surface area contributed by atoms with Gasteiger partial charge in [-0.2, -0.15) is 0 Å². The van der Waals surface area contributed by atoms with Gasteiger partial charge in [-0.25, -0.2) is 0 Å². The van der Waals surface area contributed by atoms with Gasteiger partial charge in [0, 0.05) is 25.7 Å². The zero-order chi connectivity index (χ0) is 10.1. The predicted octanol–water partition coefficient (Wildman–Crippen LogP) is 0.735. The van der Waals surface area contributed by atoms with Crippen molar-refractivity contribution in [1.82, 2.24) is 10.6 Å². The first-order valence-corrected chi connectivity index (χ1v) is 5.32. The smallest absolute Gasteiger partial charge is 0.0636 e. The predicted molar refractivity (Wildman–Crippen MR) is 56.9 cm³/mol. The molecule has 0 fully saturated rings. The van der Waals surface area contributed by atoms with Gasteiger partial charge in [0.15, 0.2) is 0 Å². The van der Waals surface area contributed by atoms with E-state index >= 15 is 0 Å². The Morgan fingerprint density at radius 2 is 1.77 bits per heavy atom. The summed E-state index contributed by atoms with van der Waals surface area (Å²) < 4.78 is 0. The van der Waals surface area contributed by atoms with Crippen molar-refractivity contribution >= 4 is 0 Å². The summed E-state index contributed by atoms with van der Waals surface area (Å²) >= 11 is 0. The van der Waals surface area contributed by atoms with Crippen molar-refractivity contribution in [3.8, 4) is 0 Å². The van der Waals surface area contributed by atoms with Crippen molar-refractivity contribution in [3.63, 3.8) is 0 Å². The summed E-state index contributed by atoms with van der Waals surface area (Å²) in [6.45, 7) is 8.79. The SMILES string of the molecule is CCC(CC)NCCNCC(C)O. The third-order valence-electron chi connectivity index (χ3n) is 2.16. The highest BCUT2D eigenvalue weighted by Crippen LogP contribution is 1.94. The average Bonchev–Trinajstić information content (AvgIpc) is 2.11. The van der Waals surface area contributed by atoms with Crippen LogP contribution in [-0.4, -0.2) is 36.9 Å². The molecule has 0 aliphatic heterocycles. The summed E-state index contributed by atoms with van der Waals surface area (Å²) in [6.07, 6.45) is 2.13. The molecular formula is C10H24N2O. The first-order chi connectivity index (χ1) is 6.20. The summed E-state index contributed by atoms with van der Waals surface area (Å²) in [7, 11) is 0.